The molecule has 0 aliphatic heterocycles. The van der Waals surface area contributed by atoms with Crippen LogP contribution in [0.1, 0.15) is 44.3 Å². The lowest BCUT2D eigenvalue weighted by molar-refractivity contribution is -0.115. The SMILES string of the molecule is Cn1ccnc1CCC(=O)C1=CCCCCC1. The molecule has 92 valence electrons. The molecule has 1 aliphatic carbocycles. The summed E-state index contributed by atoms with van der Waals surface area (Å²) in [6.45, 7) is 0. The molecule has 0 amide bonds. The zero-order valence-electron chi connectivity index (χ0n) is 10.5. The lowest BCUT2D eigenvalue weighted by atomic mass is 10.0. The van der Waals surface area contributed by atoms with E-state index in [2.05, 4.69) is 11.1 Å². The van der Waals surface area contributed by atoms with Crippen LogP contribution in [0.3, 0.4) is 0 Å². The van der Waals surface area contributed by atoms with Crippen molar-refractivity contribution in [3.8, 4) is 0 Å². The number of imidazole rings is 1. The van der Waals surface area contributed by atoms with Crippen molar-refractivity contribution < 1.29 is 4.79 Å². The van der Waals surface area contributed by atoms with Crippen molar-refractivity contribution in [1.82, 2.24) is 9.55 Å². The van der Waals surface area contributed by atoms with Gasteiger partial charge >= 0.3 is 0 Å². The number of rotatable bonds is 4. The Morgan fingerprint density at radius 3 is 3.06 bits per heavy atom. The molecule has 0 saturated heterocycles. The summed E-state index contributed by atoms with van der Waals surface area (Å²) in [7, 11) is 1.97. The van der Waals surface area contributed by atoms with Crippen molar-refractivity contribution in [2.24, 2.45) is 7.05 Å². The summed E-state index contributed by atoms with van der Waals surface area (Å²) in [6, 6.07) is 0. The Morgan fingerprint density at radius 2 is 2.29 bits per heavy atom. The number of Topliss-reactive ketones (excluding diaryl/α,β-unsaturated/α-hetero) is 1. The van der Waals surface area contributed by atoms with E-state index in [1.807, 2.05) is 17.8 Å². The molecule has 3 heteroatoms. The predicted octanol–water partition coefficient (Wildman–Crippen LogP) is 2.81. The van der Waals surface area contributed by atoms with E-state index in [1.54, 1.807) is 6.20 Å². The molecule has 17 heavy (non-hydrogen) atoms. The first-order chi connectivity index (χ1) is 8.27. The third-order valence-electron chi connectivity index (χ3n) is 3.40. The predicted molar refractivity (Wildman–Crippen MR) is 67.7 cm³/mol. The zero-order chi connectivity index (χ0) is 12.1. The summed E-state index contributed by atoms with van der Waals surface area (Å²) >= 11 is 0. The second-order valence-corrected chi connectivity index (χ2v) is 4.71. The fraction of sp³-hybridized carbons (Fsp3) is 0.571. The van der Waals surface area contributed by atoms with Gasteiger partial charge in [0.05, 0.1) is 0 Å². The smallest absolute Gasteiger partial charge is 0.158 e. The molecule has 0 N–H and O–H groups in total. The van der Waals surface area contributed by atoms with Crippen molar-refractivity contribution in [2.75, 3.05) is 0 Å². The van der Waals surface area contributed by atoms with Gasteiger partial charge < -0.3 is 4.57 Å². The summed E-state index contributed by atoms with van der Waals surface area (Å²) in [5.41, 5.74) is 1.05. The number of aryl methyl sites for hydroxylation is 2. The van der Waals surface area contributed by atoms with Crippen LogP contribution in [0.2, 0.25) is 0 Å². The lowest BCUT2D eigenvalue weighted by Gasteiger charge is -2.04. The van der Waals surface area contributed by atoms with Crippen LogP contribution in [0.4, 0.5) is 0 Å². The molecule has 1 aliphatic rings. The van der Waals surface area contributed by atoms with Crippen LogP contribution in [0.15, 0.2) is 24.0 Å². The Morgan fingerprint density at radius 1 is 1.41 bits per heavy atom. The van der Waals surface area contributed by atoms with E-state index in [9.17, 15) is 4.79 Å². The van der Waals surface area contributed by atoms with Gasteiger partial charge in [0.15, 0.2) is 5.78 Å². The monoisotopic (exact) mass is 232 g/mol. The van der Waals surface area contributed by atoms with Crippen molar-refractivity contribution in [3.05, 3.63) is 29.9 Å². The first-order valence-electron chi connectivity index (χ1n) is 6.46. The number of ketones is 1. The Kier molecular flexibility index (Phi) is 4.13. The molecule has 0 atom stereocenters. The first-order valence-corrected chi connectivity index (χ1v) is 6.46. The maximum Gasteiger partial charge on any atom is 0.158 e. The summed E-state index contributed by atoms with van der Waals surface area (Å²) < 4.78 is 1.98. The van der Waals surface area contributed by atoms with Crippen molar-refractivity contribution >= 4 is 5.78 Å². The van der Waals surface area contributed by atoms with E-state index >= 15 is 0 Å². The lowest BCUT2D eigenvalue weighted by Crippen LogP contribution is -2.06. The highest BCUT2D eigenvalue weighted by atomic mass is 16.1. The average molecular weight is 232 g/mol. The van der Waals surface area contributed by atoms with Gasteiger partial charge in [-0.25, -0.2) is 4.98 Å². The van der Waals surface area contributed by atoms with Gasteiger partial charge in [0.25, 0.3) is 0 Å². The van der Waals surface area contributed by atoms with E-state index in [0.29, 0.717) is 12.2 Å². The molecule has 3 nitrogen and oxygen atoms in total. The molecule has 0 saturated carbocycles. The fourth-order valence-electron chi connectivity index (χ4n) is 2.29. The molecule has 0 aromatic carbocycles. The molecular weight excluding hydrogens is 212 g/mol. The minimum atomic E-state index is 0.315. The molecule has 1 aromatic heterocycles. The molecule has 0 radical (unpaired) electrons. The minimum Gasteiger partial charge on any atom is -0.338 e. The van der Waals surface area contributed by atoms with Gasteiger partial charge in [-0.1, -0.05) is 12.5 Å². The topological polar surface area (TPSA) is 34.9 Å². The second-order valence-electron chi connectivity index (χ2n) is 4.71. The molecular formula is C14H20N2O. The van der Waals surface area contributed by atoms with Crippen molar-refractivity contribution in [1.29, 1.82) is 0 Å². The third-order valence-corrected chi connectivity index (χ3v) is 3.40. The quantitative estimate of drug-likeness (QED) is 0.800. The number of hydrogen-bond acceptors (Lipinski definition) is 2. The van der Waals surface area contributed by atoms with Crippen LogP contribution in [0.5, 0.6) is 0 Å². The highest BCUT2D eigenvalue weighted by Crippen LogP contribution is 2.19. The zero-order valence-corrected chi connectivity index (χ0v) is 10.5. The summed E-state index contributed by atoms with van der Waals surface area (Å²) in [4.78, 5) is 16.3. The van der Waals surface area contributed by atoms with Crippen LogP contribution in [0.25, 0.3) is 0 Å². The van der Waals surface area contributed by atoms with E-state index < -0.39 is 0 Å². The summed E-state index contributed by atoms with van der Waals surface area (Å²) in [5.74, 6) is 1.31. The van der Waals surface area contributed by atoms with Gasteiger partial charge in [-0.05, 0) is 31.3 Å². The highest BCUT2D eigenvalue weighted by molar-refractivity contribution is 5.95. The van der Waals surface area contributed by atoms with Crippen molar-refractivity contribution in [2.45, 2.75) is 44.9 Å². The highest BCUT2D eigenvalue weighted by Gasteiger charge is 2.12. The van der Waals surface area contributed by atoms with Crippen LogP contribution >= 0.6 is 0 Å². The van der Waals surface area contributed by atoms with E-state index in [0.717, 1.165) is 30.7 Å². The third kappa shape index (κ3) is 3.29. The first kappa shape index (κ1) is 12.1. The van der Waals surface area contributed by atoms with E-state index in [1.165, 1.54) is 19.3 Å². The number of carbonyl (C=O) groups is 1. The maximum atomic E-state index is 12.1. The Balaban J connectivity index is 1.88. The molecule has 0 unspecified atom stereocenters. The number of carbonyl (C=O) groups excluding carboxylic acids is 1. The van der Waals surface area contributed by atoms with Crippen molar-refractivity contribution in [3.63, 3.8) is 0 Å². The second kappa shape index (κ2) is 5.80. The Hall–Kier alpha value is -1.38. The number of nitrogens with zero attached hydrogens (tertiary/aromatic N) is 2. The molecule has 0 fully saturated rings. The number of allylic oxidation sites excluding steroid dienone is 2. The van der Waals surface area contributed by atoms with Gasteiger partial charge in [-0.15, -0.1) is 0 Å². The molecule has 1 heterocycles. The van der Waals surface area contributed by atoms with Gasteiger partial charge in [0.2, 0.25) is 0 Å². The van der Waals surface area contributed by atoms with Gasteiger partial charge in [-0.3, -0.25) is 4.79 Å². The standard InChI is InChI=1S/C14H20N2O/c1-16-11-10-15-14(16)9-8-13(17)12-6-4-2-3-5-7-12/h6,10-11H,2-5,7-9H2,1H3. The minimum absolute atomic E-state index is 0.315. The molecule has 2 rings (SSSR count). The normalized spacial score (nSPS) is 16.4. The largest absolute Gasteiger partial charge is 0.338 e. The summed E-state index contributed by atoms with van der Waals surface area (Å²) in [5, 5.41) is 0. The van der Waals surface area contributed by atoms with Crippen LogP contribution in [-0.4, -0.2) is 15.3 Å². The average Bonchev–Trinajstić information content (AvgIpc) is 2.58. The fourth-order valence-corrected chi connectivity index (χ4v) is 2.29. The van der Waals surface area contributed by atoms with Gasteiger partial charge in [0.1, 0.15) is 5.82 Å². The van der Waals surface area contributed by atoms with Gasteiger partial charge in [-0.2, -0.15) is 0 Å². The van der Waals surface area contributed by atoms with E-state index in [4.69, 9.17) is 0 Å². The number of aromatic nitrogens is 2. The number of hydrogen-bond donors (Lipinski definition) is 0. The summed E-state index contributed by atoms with van der Waals surface area (Å²) in [6.07, 6.45) is 12.9. The Bertz CT molecular complexity index is 418. The van der Waals surface area contributed by atoms with E-state index in [-0.39, 0.29) is 0 Å². The Labute approximate surface area is 103 Å². The van der Waals surface area contributed by atoms with Crippen LogP contribution in [0, 0.1) is 0 Å². The van der Waals surface area contributed by atoms with Gasteiger partial charge in [0, 0.05) is 32.3 Å². The van der Waals surface area contributed by atoms with Crippen LogP contribution < -0.4 is 0 Å². The van der Waals surface area contributed by atoms with Crippen LogP contribution in [-0.2, 0) is 18.3 Å². The molecule has 0 spiro atoms. The molecule has 1 aromatic rings. The maximum absolute atomic E-state index is 12.1. The molecule has 0 bridgehead atoms.